The summed E-state index contributed by atoms with van der Waals surface area (Å²) in [6.45, 7) is 1.33. The molecule has 7 nitrogen and oxygen atoms in total. The third kappa shape index (κ3) is 3.86. The van der Waals surface area contributed by atoms with Gasteiger partial charge in [-0.25, -0.2) is 4.79 Å². The van der Waals surface area contributed by atoms with E-state index in [1.165, 1.54) is 19.3 Å². The summed E-state index contributed by atoms with van der Waals surface area (Å²) in [5.41, 5.74) is -0.678. The van der Waals surface area contributed by atoms with E-state index in [0.717, 1.165) is 36.0 Å². The summed E-state index contributed by atoms with van der Waals surface area (Å²) in [5.74, 6) is -0.415. The summed E-state index contributed by atoms with van der Waals surface area (Å²) >= 11 is 0. The van der Waals surface area contributed by atoms with Gasteiger partial charge in [0.25, 0.3) is 5.91 Å². The number of hydrogen-bond donors (Lipinski definition) is 2. The van der Waals surface area contributed by atoms with Crippen LogP contribution < -0.4 is 10.6 Å². The molecule has 1 saturated heterocycles. The standard InChI is InChI=1S/C22H27N3O4/c1-22(18-13-15-9-7-8-12-17(15)29-18)20(27)25(21(28)24-22)14-19(26)23-16-10-5-3-2-4-6-11-16/h7-9,12-13,16H,2-6,10-11,14H2,1H3,(H,23,26)(H,24,28)/t22-/m0/s1. The van der Waals surface area contributed by atoms with E-state index < -0.39 is 17.5 Å². The van der Waals surface area contributed by atoms with E-state index in [1.54, 1.807) is 13.0 Å². The molecule has 2 heterocycles. The first-order valence-electron chi connectivity index (χ1n) is 10.4. The lowest BCUT2D eigenvalue weighted by atomic mass is 9.96. The first-order chi connectivity index (χ1) is 14.0. The first-order valence-corrected chi connectivity index (χ1v) is 10.4. The van der Waals surface area contributed by atoms with Crippen molar-refractivity contribution in [2.75, 3.05) is 6.54 Å². The van der Waals surface area contributed by atoms with Gasteiger partial charge in [-0.3, -0.25) is 14.5 Å². The number of benzene rings is 1. The fourth-order valence-corrected chi connectivity index (χ4v) is 4.25. The maximum absolute atomic E-state index is 13.0. The summed E-state index contributed by atoms with van der Waals surface area (Å²) in [6, 6.07) is 8.71. The summed E-state index contributed by atoms with van der Waals surface area (Å²) in [6.07, 6.45) is 7.72. The zero-order chi connectivity index (χ0) is 20.4. The number of fused-ring (bicyclic) bond motifs is 1. The number of nitrogens with zero attached hydrogens (tertiary/aromatic N) is 1. The Kier molecular flexibility index (Phi) is 5.30. The van der Waals surface area contributed by atoms with Crippen LogP contribution >= 0.6 is 0 Å². The molecule has 1 aromatic heterocycles. The van der Waals surface area contributed by atoms with Crippen LogP contribution in [0.4, 0.5) is 4.79 Å². The predicted molar refractivity (Wildman–Crippen MR) is 108 cm³/mol. The zero-order valence-corrected chi connectivity index (χ0v) is 16.7. The molecule has 2 aliphatic rings. The van der Waals surface area contributed by atoms with Gasteiger partial charge in [-0.1, -0.05) is 50.3 Å². The third-order valence-electron chi connectivity index (χ3n) is 5.97. The summed E-state index contributed by atoms with van der Waals surface area (Å²) < 4.78 is 5.81. The molecule has 7 heteroatoms. The highest BCUT2D eigenvalue weighted by Gasteiger charge is 2.51. The number of nitrogens with one attached hydrogen (secondary N) is 2. The molecule has 4 amide bonds. The van der Waals surface area contributed by atoms with E-state index in [0.29, 0.717) is 11.3 Å². The van der Waals surface area contributed by atoms with Gasteiger partial charge in [-0.15, -0.1) is 0 Å². The van der Waals surface area contributed by atoms with E-state index in [9.17, 15) is 14.4 Å². The molecule has 1 aromatic carbocycles. The minimum absolute atomic E-state index is 0.116. The normalized spacial score (nSPS) is 23.7. The summed E-state index contributed by atoms with van der Waals surface area (Å²) in [5, 5.41) is 6.56. The molecule has 0 radical (unpaired) electrons. The van der Waals surface area contributed by atoms with Crippen LogP contribution in [0.15, 0.2) is 34.7 Å². The Morgan fingerprint density at radius 2 is 1.86 bits per heavy atom. The Balaban J connectivity index is 1.45. The van der Waals surface area contributed by atoms with Gasteiger partial charge in [-0.05, 0) is 31.9 Å². The molecule has 4 rings (SSSR count). The Morgan fingerprint density at radius 1 is 1.17 bits per heavy atom. The molecule has 1 aliphatic heterocycles. The highest BCUT2D eigenvalue weighted by Crippen LogP contribution is 2.33. The van der Waals surface area contributed by atoms with Crippen molar-refractivity contribution in [1.82, 2.24) is 15.5 Å². The maximum Gasteiger partial charge on any atom is 0.325 e. The lowest BCUT2D eigenvalue weighted by Crippen LogP contribution is -2.45. The molecule has 0 bridgehead atoms. The highest BCUT2D eigenvalue weighted by atomic mass is 16.3. The van der Waals surface area contributed by atoms with Crippen molar-refractivity contribution in [1.29, 1.82) is 0 Å². The number of para-hydroxylation sites is 1. The summed E-state index contributed by atoms with van der Waals surface area (Å²) in [4.78, 5) is 39.0. The van der Waals surface area contributed by atoms with E-state index in [1.807, 2.05) is 24.3 Å². The van der Waals surface area contributed by atoms with Crippen molar-refractivity contribution in [3.8, 4) is 0 Å². The molecule has 2 N–H and O–H groups in total. The largest absolute Gasteiger partial charge is 0.458 e. The van der Waals surface area contributed by atoms with E-state index in [4.69, 9.17) is 4.42 Å². The van der Waals surface area contributed by atoms with Gasteiger partial charge in [0.1, 0.15) is 17.9 Å². The molecule has 0 spiro atoms. The minimum atomic E-state index is -1.32. The van der Waals surface area contributed by atoms with Gasteiger partial charge in [0, 0.05) is 11.4 Å². The van der Waals surface area contributed by atoms with Crippen LogP contribution in [0.25, 0.3) is 11.0 Å². The van der Waals surface area contributed by atoms with Crippen molar-refractivity contribution >= 4 is 28.8 Å². The molecule has 1 atom stereocenters. The smallest absolute Gasteiger partial charge is 0.325 e. The lowest BCUT2D eigenvalue weighted by molar-refractivity contribution is -0.135. The Labute approximate surface area is 169 Å². The van der Waals surface area contributed by atoms with E-state index in [2.05, 4.69) is 10.6 Å². The van der Waals surface area contributed by atoms with Crippen LogP contribution in [0.1, 0.15) is 57.6 Å². The third-order valence-corrected chi connectivity index (χ3v) is 5.97. The van der Waals surface area contributed by atoms with Crippen LogP contribution in [0, 0.1) is 0 Å². The number of furan rings is 1. The second-order valence-electron chi connectivity index (χ2n) is 8.20. The van der Waals surface area contributed by atoms with Crippen molar-refractivity contribution in [3.05, 3.63) is 36.1 Å². The van der Waals surface area contributed by atoms with Crippen LogP contribution in [0.2, 0.25) is 0 Å². The number of carbonyl (C=O) groups is 3. The predicted octanol–water partition coefficient (Wildman–Crippen LogP) is 3.43. The molecule has 29 heavy (non-hydrogen) atoms. The first kappa shape index (κ1) is 19.5. The number of rotatable bonds is 4. The van der Waals surface area contributed by atoms with E-state index in [-0.39, 0.29) is 18.5 Å². The molecule has 1 aliphatic carbocycles. The van der Waals surface area contributed by atoms with E-state index >= 15 is 0 Å². The topological polar surface area (TPSA) is 91.7 Å². The number of urea groups is 1. The number of imide groups is 1. The Morgan fingerprint density at radius 3 is 2.59 bits per heavy atom. The van der Waals surface area contributed by atoms with Gasteiger partial charge in [0.2, 0.25) is 5.91 Å². The fraction of sp³-hybridized carbons (Fsp3) is 0.500. The maximum atomic E-state index is 13.0. The van der Waals surface area contributed by atoms with Gasteiger partial charge >= 0.3 is 6.03 Å². The van der Waals surface area contributed by atoms with Gasteiger partial charge in [0.05, 0.1) is 0 Å². The monoisotopic (exact) mass is 397 g/mol. The fourth-order valence-electron chi connectivity index (χ4n) is 4.25. The van der Waals surface area contributed by atoms with Crippen molar-refractivity contribution < 1.29 is 18.8 Å². The minimum Gasteiger partial charge on any atom is -0.458 e. The number of hydrogen-bond acceptors (Lipinski definition) is 4. The van der Waals surface area contributed by atoms with Gasteiger partial charge in [0.15, 0.2) is 5.54 Å². The molecule has 2 aromatic rings. The number of carbonyl (C=O) groups excluding carboxylic acids is 3. The average molecular weight is 397 g/mol. The number of amides is 4. The second-order valence-corrected chi connectivity index (χ2v) is 8.20. The van der Waals surface area contributed by atoms with Crippen LogP contribution in [-0.2, 0) is 15.1 Å². The van der Waals surface area contributed by atoms with Crippen LogP contribution in [0.3, 0.4) is 0 Å². The SMILES string of the molecule is C[C@@]1(c2cc3ccccc3o2)NC(=O)N(CC(=O)NC2CCCCCCC2)C1=O. The van der Waals surface area contributed by atoms with Crippen molar-refractivity contribution in [2.24, 2.45) is 0 Å². The average Bonchev–Trinajstić information content (AvgIpc) is 3.20. The van der Waals surface area contributed by atoms with Gasteiger partial charge in [-0.2, -0.15) is 0 Å². The van der Waals surface area contributed by atoms with Gasteiger partial charge < -0.3 is 15.1 Å². The van der Waals surface area contributed by atoms with Crippen molar-refractivity contribution in [3.63, 3.8) is 0 Å². The molecular weight excluding hydrogens is 370 g/mol. The molecule has 2 fully saturated rings. The Hall–Kier alpha value is -2.83. The highest BCUT2D eigenvalue weighted by molar-refractivity contribution is 6.09. The molecule has 0 unspecified atom stereocenters. The lowest BCUT2D eigenvalue weighted by Gasteiger charge is -2.22. The van der Waals surface area contributed by atoms with Crippen LogP contribution in [0.5, 0.6) is 0 Å². The van der Waals surface area contributed by atoms with Crippen molar-refractivity contribution in [2.45, 2.75) is 63.5 Å². The molecule has 154 valence electrons. The second kappa shape index (κ2) is 7.89. The summed E-state index contributed by atoms with van der Waals surface area (Å²) in [7, 11) is 0. The van der Waals surface area contributed by atoms with Crippen LogP contribution in [-0.4, -0.2) is 35.3 Å². The quantitative estimate of drug-likeness (QED) is 0.773. The zero-order valence-electron chi connectivity index (χ0n) is 16.7. The Bertz CT molecular complexity index is 896. The molecule has 1 saturated carbocycles. The molecular formula is C22H27N3O4.